The summed E-state index contributed by atoms with van der Waals surface area (Å²) in [5.74, 6) is 9.41. The van der Waals surface area contributed by atoms with E-state index in [1.54, 1.807) is 54.4 Å². The topological polar surface area (TPSA) is 0 Å². The normalized spacial score (nSPS) is 48.8. The zero-order valence-electron chi connectivity index (χ0n) is 33.1. The molecule has 0 spiro atoms. The minimum absolute atomic E-state index is 0.288. The van der Waals surface area contributed by atoms with Crippen molar-refractivity contribution < 1.29 is 0 Å². The minimum atomic E-state index is 0.288. The molecule has 10 rings (SSSR count). The van der Waals surface area contributed by atoms with Crippen LogP contribution in [0.25, 0.3) is 0 Å². The Hall–Kier alpha value is -1.04. The minimum Gasteiger partial charge on any atom is -0.0764 e. The summed E-state index contributed by atoms with van der Waals surface area (Å²) in [6.45, 7) is 28.9. The molecule has 10 aliphatic carbocycles. The van der Waals surface area contributed by atoms with E-state index in [0.29, 0.717) is 34.5 Å². The average molecular weight is 649 g/mol. The van der Waals surface area contributed by atoms with Gasteiger partial charge in [-0.15, -0.1) is 0 Å². The van der Waals surface area contributed by atoms with E-state index in [2.05, 4.69) is 100 Å². The summed E-state index contributed by atoms with van der Waals surface area (Å²) in [5, 5.41) is 0. The van der Waals surface area contributed by atoms with Gasteiger partial charge in [0, 0.05) is 0 Å². The van der Waals surface area contributed by atoms with Gasteiger partial charge in [0.1, 0.15) is 0 Å². The van der Waals surface area contributed by atoms with Crippen molar-refractivity contribution in [1.29, 1.82) is 0 Å². The molecular weight excluding hydrogens is 577 g/mol. The first-order valence-electron chi connectivity index (χ1n) is 21.2. The Morgan fingerprint density at radius 2 is 0.833 bits per heavy atom. The molecule has 0 saturated heterocycles. The molecular formula is C48H72. The van der Waals surface area contributed by atoms with Crippen molar-refractivity contribution in [3.63, 3.8) is 0 Å². The molecule has 0 aromatic carbocycles. The Bertz CT molecular complexity index is 1390. The second-order valence-corrected chi connectivity index (χ2v) is 23.4. The number of hydrogen-bond donors (Lipinski definition) is 0. The highest BCUT2D eigenvalue weighted by Crippen LogP contribution is 2.71. The van der Waals surface area contributed by atoms with Crippen molar-refractivity contribution >= 4 is 0 Å². The van der Waals surface area contributed by atoms with E-state index in [0.717, 1.165) is 41.4 Å². The maximum Gasteiger partial charge on any atom is -0.00921 e. The molecule has 4 bridgehead atoms. The van der Waals surface area contributed by atoms with Crippen molar-refractivity contribution in [2.24, 2.45) is 97.6 Å². The van der Waals surface area contributed by atoms with E-state index < -0.39 is 0 Å². The quantitative estimate of drug-likeness (QED) is 0.286. The summed E-state index contributed by atoms with van der Waals surface area (Å²) in [6, 6.07) is 0. The van der Waals surface area contributed by atoms with Gasteiger partial charge in [-0.05, 0) is 197 Å². The van der Waals surface area contributed by atoms with Crippen molar-refractivity contribution in [3.05, 3.63) is 46.6 Å². The summed E-state index contributed by atoms with van der Waals surface area (Å²) in [7, 11) is 0. The van der Waals surface area contributed by atoms with E-state index in [4.69, 9.17) is 0 Å². The molecule has 8 fully saturated rings. The lowest BCUT2D eigenvalue weighted by Gasteiger charge is -2.62. The maximum atomic E-state index is 2.95. The predicted molar refractivity (Wildman–Crippen MR) is 203 cm³/mol. The van der Waals surface area contributed by atoms with Gasteiger partial charge in [-0.1, -0.05) is 100 Å². The highest BCUT2D eigenvalue weighted by Gasteiger charge is 2.62. The zero-order valence-corrected chi connectivity index (χ0v) is 33.1. The van der Waals surface area contributed by atoms with Gasteiger partial charge in [-0.2, -0.15) is 0 Å². The molecule has 0 radical (unpaired) electrons. The van der Waals surface area contributed by atoms with Gasteiger partial charge in [0.25, 0.3) is 0 Å². The second kappa shape index (κ2) is 10.1. The third-order valence-corrected chi connectivity index (χ3v) is 19.0. The van der Waals surface area contributed by atoms with Crippen molar-refractivity contribution in [2.75, 3.05) is 0 Å². The molecule has 10 aliphatic rings. The highest BCUT2D eigenvalue weighted by atomic mass is 14.7. The first-order valence-corrected chi connectivity index (χ1v) is 21.2. The number of allylic oxidation sites excluding steroid dienone is 8. The number of hydrogen-bond acceptors (Lipinski definition) is 0. The highest BCUT2D eigenvalue weighted by molar-refractivity contribution is 5.51. The maximum absolute atomic E-state index is 2.95. The molecule has 5 unspecified atom stereocenters. The summed E-state index contributed by atoms with van der Waals surface area (Å²) in [4.78, 5) is 0. The SMILES string of the molecule is CC1(C)CCC(C)(C)C2=C[C@@H]3C(C=C21)C(C(C)(C)C1CCC(C2(C)C4CC5CC(C4)CC2C5)C1)C1C=C2C(=C[C@@H]13)C(C)(C)CCC2(C)C. The third kappa shape index (κ3) is 4.44. The summed E-state index contributed by atoms with van der Waals surface area (Å²) in [6.07, 6.45) is 29.4. The largest absolute Gasteiger partial charge is 0.0764 e. The first kappa shape index (κ1) is 32.8. The van der Waals surface area contributed by atoms with Crippen LogP contribution in [-0.4, -0.2) is 0 Å². The smallest absolute Gasteiger partial charge is 0.00921 e. The molecule has 264 valence electrons. The monoisotopic (exact) mass is 649 g/mol. The van der Waals surface area contributed by atoms with E-state index in [-0.39, 0.29) is 21.7 Å². The van der Waals surface area contributed by atoms with Crippen LogP contribution in [0.4, 0.5) is 0 Å². The number of rotatable bonds is 3. The van der Waals surface area contributed by atoms with Gasteiger partial charge in [0.2, 0.25) is 0 Å². The molecule has 0 heteroatoms. The van der Waals surface area contributed by atoms with Crippen LogP contribution in [0, 0.1) is 97.6 Å². The van der Waals surface area contributed by atoms with Crippen LogP contribution in [0.15, 0.2) is 46.6 Å². The van der Waals surface area contributed by atoms with Gasteiger partial charge < -0.3 is 0 Å². The van der Waals surface area contributed by atoms with Crippen LogP contribution in [0.2, 0.25) is 0 Å². The Labute approximate surface area is 296 Å². The molecule has 7 atom stereocenters. The van der Waals surface area contributed by atoms with Crippen LogP contribution in [0.5, 0.6) is 0 Å². The Kier molecular flexibility index (Phi) is 6.90. The van der Waals surface area contributed by atoms with Gasteiger partial charge in [0.05, 0.1) is 0 Å². The summed E-state index contributed by atoms with van der Waals surface area (Å²) in [5.41, 5.74) is 9.05. The Morgan fingerprint density at radius 3 is 1.23 bits per heavy atom. The molecule has 8 saturated carbocycles. The molecule has 0 nitrogen and oxygen atoms in total. The fraction of sp³-hybridized carbons (Fsp3) is 0.833. The van der Waals surface area contributed by atoms with Crippen LogP contribution < -0.4 is 0 Å². The van der Waals surface area contributed by atoms with Crippen molar-refractivity contribution in [2.45, 2.75) is 153 Å². The Morgan fingerprint density at radius 1 is 0.458 bits per heavy atom. The van der Waals surface area contributed by atoms with Crippen LogP contribution in [0.1, 0.15) is 153 Å². The van der Waals surface area contributed by atoms with Crippen molar-refractivity contribution in [3.8, 4) is 0 Å². The van der Waals surface area contributed by atoms with Gasteiger partial charge >= 0.3 is 0 Å². The molecule has 0 N–H and O–H groups in total. The molecule has 48 heavy (non-hydrogen) atoms. The van der Waals surface area contributed by atoms with Gasteiger partial charge in [-0.25, -0.2) is 0 Å². The van der Waals surface area contributed by atoms with Crippen LogP contribution in [-0.2, 0) is 0 Å². The lowest BCUT2D eigenvalue weighted by Crippen LogP contribution is -2.54. The molecule has 0 aliphatic heterocycles. The second-order valence-electron chi connectivity index (χ2n) is 23.4. The molecule has 0 aromatic heterocycles. The van der Waals surface area contributed by atoms with Crippen molar-refractivity contribution in [1.82, 2.24) is 0 Å². The Balaban J connectivity index is 1.12. The lowest BCUT2D eigenvalue weighted by atomic mass is 9.42. The number of fused-ring (bicyclic) bond motifs is 5. The van der Waals surface area contributed by atoms with E-state index >= 15 is 0 Å². The third-order valence-electron chi connectivity index (χ3n) is 19.0. The van der Waals surface area contributed by atoms with Gasteiger partial charge in [0.15, 0.2) is 0 Å². The van der Waals surface area contributed by atoms with E-state index in [1.165, 1.54) is 44.9 Å². The van der Waals surface area contributed by atoms with Gasteiger partial charge in [-0.3, -0.25) is 0 Å². The molecule has 0 heterocycles. The average Bonchev–Trinajstić information content (AvgIpc) is 3.64. The fourth-order valence-corrected chi connectivity index (χ4v) is 15.8. The van der Waals surface area contributed by atoms with Crippen LogP contribution >= 0.6 is 0 Å². The summed E-state index contributed by atoms with van der Waals surface area (Å²) < 4.78 is 0. The predicted octanol–water partition coefficient (Wildman–Crippen LogP) is 13.4. The van der Waals surface area contributed by atoms with Crippen LogP contribution in [0.3, 0.4) is 0 Å². The fourth-order valence-electron chi connectivity index (χ4n) is 15.8. The first-order chi connectivity index (χ1) is 22.3. The molecule has 0 aromatic rings. The summed E-state index contributed by atoms with van der Waals surface area (Å²) >= 11 is 0. The zero-order chi connectivity index (χ0) is 34.0. The standard InChI is InChI=1S/C48H72/c1-43(2)14-16-45(5,6)40-26-36-34(24-38(40)43)35-25-39-41(46(7,8)17-15-44(39,3)4)27-37(35)42(36)47(9,10)30-12-13-31(23-30)48(11)32-19-28-18-29(21-32)22-33(48)20-28/h24-37,42H,12-23H2,1-11H3/t28?,29?,30?,31?,32?,33?,34-,35+,36?,37?,42?,48?. The lowest BCUT2D eigenvalue weighted by molar-refractivity contribution is -0.130. The van der Waals surface area contributed by atoms with E-state index in [9.17, 15) is 0 Å². The molecule has 0 amide bonds. The van der Waals surface area contributed by atoms with E-state index in [1.807, 2.05) is 0 Å².